The smallest absolute Gasteiger partial charge is 0.233 e. The Morgan fingerprint density at radius 2 is 1.23 bits per heavy atom. The Hall–Kier alpha value is -4.90. The number of hydrogen-bond acceptors (Lipinski definition) is 8. The number of benzene rings is 4. The second kappa shape index (κ2) is 12.5. The van der Waals surface area contributed by atoms with Crippen molar-refractivity contribution >= 4 is 70.3 Å². The maximum atomic E-state index is 13.8. The van der Waals surface area contributed by atoms with E-state index in [1.165, 1.54) is 12.1 Å². The van der Waals surface area contributed by atoms with E-state index < -0.39 is 0 Å². The molecule has 0 aliphatic heterocycles. The summed E-state index contributed by atoms with van der Waals surface area (Å²) in [5.41, 5.74) is 4.94. The van der Waals surface area contributed by atoms with Gasteiger partial charge in [-0.2, -0.15) is 15.0 Å². The van der Waals surface area contributed by atoms with Crippen LogP contribution in [0.25, 0.3) is 22.5 Å². The molecule has 0 saturated carbocycles. The number of rotatable bonds is 8. The molecule has 0 radical (unpaired) electrons. The number of H-pyrrole nitrogens is 1. The molecule has 0 aliphatic rings. The monoisotopic (exact) mass is 626 g/mol. The van der Waals surface area contributed by atoms with Gasteiger partial charge in [0.05, 0.1) is 21.4 Å². The maximum absolute atomic E-state index is 13.8. The Kier molecular flexibility index (Phi) is 8.23. The van der Waals surface area contributed by atoms with Crippen LogP contribution in [0.3, 0.4) is 0 Å². The topological polar surface area (TPSA) is 103 Å². The minimum absolute atomic E-state index is 0.230. The molecule has 4 aromatic carbocycles. The summed E-state index contributed by atoms with van der Waals surface area (Å²) in [6.07, 6.45) is 0. The van der Waals surface area contributed by atoms with E-state index in [9.17, 15) is 4.39 Å². The molecule has 4 N–H and O–H groups in total. The van der Waals surface area contributed by atoms with E-state index in [0.29, 0.717) is 37.8 Å². The van der Waals surface area contributed by atoms with Crippen molar-refractivity contribution in [3.8, 4) is 22.5 Å². The lowest BCUT2D eigenvalue weighted by Gasteiger charge is -2.12. The largest absolute Gasteiger partial charge is 0.330 e. The minimum atomic E-state index is -0.378. The summed E-state index contributed by atoms with van der Waals surface area (Å²) in [6, 6.07) is 30.4. The average molecular weight is 628 g/mol. The summed E-state index contributed by atoms with van der Waals surface area (Å²) in [5.74, 6) is 0.428. The molecule has 6 rings (SSSR count). The zero-order valence-electron chi connectivity index (χ0n) is 22.1. The SMILES string of the molecule is Fc1cccc(Nc2nc(Nc3ccccc3)nc(Nc3ccc(-c4cc(-c5cccc(Cl)c5Cl)[nH]c(=S)n4)cc3)n2)c1. The summed E-state index contributed by atoms with van der Waals surface area (Å²) in [5, 5.41) is 10.3. The van der Waals surface area contributed by atoms with Gasteiger partial charge in [-0.15, -0.1) is 0 Å². The molecular formula is C31H21Cl2FN8S. The van der Waals surface area contributed by atoms with Crippen LogP contribution < -0.4 is 16.0 Å². The van der Waals surface area contributed by atoms with Crippen LogP contribution in [0.1, 0.15) is 0 Å². The first-order valence-corrected chi connectivity index (χ1v) is 14.1. The highest BCUT2D eigenvalue weighted by Gasteiger charge is 2.12. The van der Waals surface area contributed by atoms with Gasteiger partial charge in [-0.05, 0) is 66.8 Å². The van der Waals surface area contributed by atoms with Gasteiger partial charge in [-0.3, -0.25) is 0 Å². The highest BCUT2D eigenvalue weighted by molar-refractivity contribution is 7.71. The van der Waals surface area contributed by atoms with E-state index >= 15 is 0 Å². The van der Waals surface area contributed by atoms with Crippen LogP contribution in [0.15, 0.2) is 103 Å². The van der Waals surface area contributed by atoms with E-state index in [1.807, 2.05) is 72.8 Å². The first-order valence-electron chi connectivity index (χ1n) is 12.9. The van der Waals surface area contributed by atoms with Gasteiger partial charge in [0.15, 0.2) is 4.77 Å². The fourth-order valence-corrected chi connectivity index (χ4v) is 4.82. The molecule has 2 aromatic heterocycles. The molecule has 0 unspecified atom stereocenters. The van der Waals surface area contributed by atoms with Crippen molar-refractivity contribution in [1.29, 1.82) is 0 Å². The Morgan fingerprint density at radius 3 is 1.91 bits per heavy atom. The molecule has 0 atom stereocenters. The predicted octanol–water partition coefficient (Wildman–Crippen LogP) is 9.33. The molecule has 0 spiro atoms. The quantitative estimate of drug-likeness (QED) is 0.124. The van der Waals surface area contributed by atoms with Gasteiger partial charge in [0, 0.05) is 28.2 Å². The zero-order valence-corrected chi connectivity index (χ0v) is 24.5. The van der Waals surface area contributed by atoms with Crippen LogP contribution in [0.2, 0.25) is 10.0 Å². The molecule has 0 amide bonds. The fourth-order valence-electron chi connectivity index (χ4n) is 4.21. The lowest BCUT2D eigenvalue weighted by Crippen LogP contribution is -2.07. The normalized spacial score (nSPS) is 10.8. The molecule has 12 heteroatoms. The summed E-state index contributed by atoms with van der Waals surface area (Å²) < 4.78 is 14.1. The minimum Gasteiger partial charge on any atom is -0.330 e. The summed E-state index contributed by atoms with van der Waals surface area (Å²) in [4.78, 5) is 21.0. The highest BCUT2D eigenvalue weighted by Crippen LogP contribution is 2.34. The number of anilines is 6. The molecule has 0 fully saturated rings. The van der Waals surface area contributed by atoms with Crippen molar-refractivity contribution in [2.24, 2.45) is 0 Å². The third-order valence-corrected chi connectivity index (χ3v) is 7.18. The molecule has 2 heterocycles. The molecule has 0 saturated heterocycles. The average Bonchev–Trinajstić information content (AvgIpc) is 2.99. The number of aromatic amines is 1. The Balaban J connectivity index is 1.28. The van der Waals surface area contributed by atoms with Crippen LogP contribution >= 0.6 is 35.4 Å². The van der Waals surface area contributed by atoms with Crippen molar-refractivity contribution in [2.45, 2.75) is 0 Å². The van der Waals surface area contributed by atoms with Gasteiger partial charge in [-0.1, -0.05) is 71.7 Å². The first kappa shape index (κ1) is 28.2. The van der Waals surface area contributed by atoms with E-state index in [4.69, 9.17) is 35.4 Å². The molecule has 8 nitrogen and oxygen atoms in total. The van der Waals surface area contributed by atoms with Gasteiger partial charge in [0.1, 0.15) is 5.82 Å². The summed E-state index contributed by atoms with van der Waals surface area (Å²) in [7, 11) is 0. The van der Waals surface area contributed by atoms with Crippen LogP contribution in [0, 0.1) is 10.6 Å². The summed E-state index contributed by atoms with van der Waals surface area (Å²) >= 11 is 18.0. The second-order valence-corrected chi connectivity index (χ2v) is 10.4. The number of halogens is 3. The van der Waals surface area contributed by atoms with Crippen molar-refractivity contribution in [3.63, 3.8) is 0 Å². The third-order valence-electron chi connectivity index (χ3n) is 6.17. The number of nitrogens with one attached hydrogen (secondary N) is 4. The fraction of sp³-hybridized carbons (Fsp3) is 0. The Morgan fingerprint density at radius 1 is 0.628 bits per heavy atom. The molecule has 212 valence electrons. The van der Waals surface area contributed by atoms with Gasteiger partial charge in [-0.25, -0.2) is 9.37 Å². The van der Waals surface area contributed by atoms with Crippen LogP contribution in [0.5, 0.6) is 0 Å². The van der Waals surface area contributed by atoms with E-state index in [1.54, 1.807) is 18.2 Å². The Bertz CT molecular complexity index is 1970. The van der Waals surface area contributed by atoms with Crippen molar-refractivity contribution in [1.82, 2.24) is 24.9 Å². The Labute approximate surface area is 261 Å². The predicted molar refractivity (Wildman–Crippen MR) is 173 cm³/mol. The lowest BCUT2D eigenvalue weighted by atomic mass is 10.1. The van der Waals surface area contributed by atoms with Crippen molar-refractivity contribution in [3.05, 3.63) is 124 Å². The molecule has 43 heavy (non-hydrogen) atoms. The van der Waals surface area contributed by atoms with E-state index in [0.717, 1.165) is 22.5 Å². The molecule has 0 aliphatic carbocycles. The maximum Gasteiger partial charge on any atom is 0.233 e. The molecule has 6 aromatic rings. The highest BCUT2D eigenvalue weighted by atomic mass is 35.5. The summed E-state index contributed by atoms with van der Waals surface area (Å²) in [6.45, 7) is 0. The van der Waals surface area contributed by atoms with Crippen molar-refractivity contribution < 1.29 is 4.39 Å². The van der Waals surface area contributed by atoms with Crippen LogP contribution in [-0.2, 0) is 0 Å². The number of hydrogen-bond donors (Lipinski definition) is 4. The molecule has 0 bridgehead atoms. The van der Waals surface area contributed by atoms with Crippen molar-refractivity contribution in [2.75, 3.05) is 16.0 Å². The van der Waals surface area contributed by atoms with Crippen LogP contribution in [-0.4, -0.2) is 24.9 Å². The standard InChI is InChI=1S/C31H21Cl2FN8S/c32-24-11-5-10-23(27(24)33)26-17-25(38-31(43)39-26)18-12-14-21(15-13-18)36-29-40-28(35-20-7-2-1-3-8-20)41-30(42-29)37-22-9-4-6-19(34)16-22/h1-17H,(H,38,39,43)(H3,35,36,37,40,41,42). The number of para-hydroxylation sites is 1. The number of nitrogens with zero attached hydrogens (tertiary/aromatic N) is 4. The van der Waals surface area contributed by atoms with E-state index in [-0.39, 0.29) is 17.7 Å². The lowest BCUT2D eigenvalue weighted by molar-refractivity contribution is 0.628. The van der Waals surface area contributed by atoms with Crippen LogP contribution in [0.4, 0.5) is 39.3 Å². The molecular weight excluding hydrogens is 606 g/mol. The van der Waals surface area contributed by atoms with Gasteiger partial charge in [0.2, 0.25) is 17.8 Å². The third kappa shape index (κ3) is 6.95. The zero-order chi connectivity index (χ0) is 29.8. The van der Waals surface area contributed by atoms with Gasteiger partial charge >= 0.3 is 0 Å². The first-order chi connectivity index (χ1) is 20.9. The van der Waals surface area contributed by atoms with Gasteiger partial charge < -0.3 is 20.9 Å². The van der Waals surface area contributed by atoms with Gasteiger partial charge in [0.25, 0.3) is 0 Å². The number of aromatic nitrogens is 5. The van der Waals surface area contributed by atoms with E-state index in [2.05, 4.69) is 40.9 Å². The second-order valence-electron chi connectivity index (χ2n) is 9.22.